The maximum Gasteiger partial charge on any atom is 0.254 e. The number of anilines is 2. The Morgan fingerprint density at radius 1 is 0.952 bits per heavy atom. The molecular weight excluding hydrogens is 560 g/mol. The van der Waals surface area contributed by atoms with Crippen LogP contribution in [0.2, 0.25) is 0 Å². The van der Waals surface area contributed by atoms with Crippen LogP contribution in [0, 0.1) is 11.3 Å². The van der Waals surface area contributed by atoms with Gasteiger partial charge in [0.15, 0.2) is 0 Å². The van der Waals surface area contributed by atoms with Gasteiger partial charge in [-0.3, -0.25) is 9.59 Å². The van der Waals surface area contributed by atoms with Gasteiger partial charge in [-0.25, -0.2) is 0 Å². The van der Waals surface area contributed by atoms with Crippen molar-refractivity contribution in [2.75, 3.05) is 44.8 Å². The summed E-state index contributed by atoms with van der Waals surface area (Å²) in [6.07, 6.45) is 1.48. The highest BCUT2D eigenvalue weighted by Crippen LogP contribution is 2.42. The molecule has 11 nitrogen and oxygen atoms in total. The van der Waals surface area contributed by atoms with E-state index in [2.05, 4.69) is 22.0 Å². The minimum absolute atomic E-state index is 0.0332. The highest BCUT2D eigenvalue weighted by atomic mass is 32.2. The average molecular weight is 591 g/mol. The first kappa shape index (κ1) is 30.0. The molecule has 0 unspecified atom stereocenters. The van der Waals surface area contributed by atoms with E-state index in [1.165, 1.54) is 34.7 Å². The number of carbonyl (C=O) groups excluding carboxylic acids is 2. The summed E-state index contributed by atoms with van der Waals surface area (Å²) in [6, 6.07) is 15.7. The van der Waals surface area contributed by atoms with Crippen molar-refractivity contribution in [2.45, 2.75) is 12.8 Å². The van der Waals surface area contributed by atoms with E-state index < -0.39 is 11.8 Å². The average Bonchev–Trinajstić information content (AvgIpc) is 3.54. The predicted octanol–water partition coefficient (Wildman–Crippen LogP) is 5.02. The molecule has 0 aliphatic carbocycles. The summed E-state index contributed by atoms with van der Waals surface area (Å²) < 4.78 is 27.0. The molecule has 0 spiro atoms. The van der Waals surface area contributed by atoms with Crippen LogP contribution in [-0.4, -0.2) is 46.0 Å². The lowest BCUT2D eigenvalue weighted by molar-refractivity contribution is -0.114. The maximum atomic E-state index is 13.7. The van der Waals surface area contributed by atoms with E-state index in [0.717, 1.165) is 11.8 Å². The second kappa shape index (κ2) is 13.6. The van der Waals surface area contributed by atoms with Crippen LogP contribution in [-0.2, 0) is 9.59 Å². The lowest BCUT2D eigenvalue weighted by Crippen LogP contribution is -2.31. The van der Waals surface area contributed by atoms with Crippen molar-refractivity contribution in [2.24, 2.45) is 0 Å². The standard InChI is InChI=1S/C30H30N4O7S/c1-17-27(29(36)34-22-14-19(38-3)9-11-24(22)40-5)28(25-7-6-12-41-25)20(15-31)30(32-17)42-16-26(35)33-21-13-18(37-2)8-10-23(21)39-4/h6-14,28,32H,16H2,1-5H3,(H,33,35)(H,34,36)/t28-/m0/s1. The summed E-state index contributed by atoms with van der Waals surface area (Å²) in [5, 5.41) is 19.5. The Hall–Kier alpha value is -5.02. The van der Waals surface area contributed by atoms with Crippen LogP contribution in [0.3, 0.4) is 0 Å². The van der Waals surface area contributed by atoms with Crippen molar-refractivity contribution in [3.05, 3.63) is 82.4 Å². The zero-order valence-electron chi connectivity index (χ0n) is 23.7. The van der Waals surface area contributed by atoms with Crippen molar-refractivity contribution in [1.29, 1.82) is 5.26 Å². The number of carbonyl (C=O) groups is 2. The van der Waals surface area contributed by atoms with Gasteiger partial charge in [-0.1, -0.05) is 11.8 Å². The smallest absolute Gasteiger partial charge is 0.254 e. The lowest BCUT2D eigenvalue weighted by atomic mass is 9.85. The Kier molecular flexibility index (Phi) is 9.67. The Morgan fingerprint density at radius 3 is 2.10 bits per heavy atom. The van der Waals surface area contributed by atoms with Crippen molar-refractivity contribution in [1.82, 2.24) is 5.32 Å². The number of benzene rings is 2. The van der Waals surface area contributed by atoms with Gasteiger partial charge < -0.3 is 39.3 Å². The van der Waals surface area contributed by atoms with E-state index >= 15 is 0 Å². The molecule has 12 heteroatoms. The zero-order chi connectivity index (χ0) is 30.2. The summed E-state index contributed by atoms with van der Waals surface area (Å²) in [6.45, 7) is 1.73. The molecule has 42 heavy (non-hydrogen) atoms. The zero-order valence-corrected chi connectivity index (χ0v) is 24.5. The third kappa shape index (κ3) is 6.47. The van der Waals surface area contributed by atoms with Crippen molar-refractivity contribution >= 4 is 35.0 Å². The van der Waals surface area contributed by atoms with Gasteiger partial charge in [-0.2, -0.15) is 5.26 Å². The van der Waals surface area contributed by atoms with Gasteiger partial charge in [0.05, 0.1) is 80.0 Å². The second-order valence-electron chi connectivity index (χ2n) is 8.89. The molecule has 2 heterocycles. The SMILES string of the molecule is COc1ccc(OC)c(NC(=O)CSC2=C(C#N)[C@@H](c3ccco3)C(C(=O)Nc3cc(OC)ccc3OC)=C(C)N2)c1. The fourth-order valence-corrected chi connectivity index (χ4v) is 5.30. The molecule has 0 radical (unpaired) electrons. The van der Waals surface area contributed by atoms with E-state index in [-0.39, 0.29) is 22.8 Å². The molecule has 0 saturated heterocycles. The Morgan fingerprint density at radius 2 is 1.57 bits per heavy atom. The topological polar surface area (TPSA) is 144 Å². The predicted molar refractivity (Wildman–Crippen MR) is 159 cm³/mol. The van der Waals surface area contributed by atoms with E-state index in [9.17, 15) is 14.9 Å². The van der Waals surface area contributed by atoms with Crippen LogP contribution < -0.4 is 34.9 Å². The summed E-state index contributed by atoms with van der Waals surface area (Å²) in [5.74, 6) is 0.743. The van der Waals surface area contributed by atoms with E-state index in [1.54, 1.807) is 55.5 Å². The lowest BCUT2D eigenvalue weighted by Gasteiger charge is -2.28. The largest absolute Gasteiger partial charge is 0.497 e. The van der Waals surface area contributed by atoms with Crippen LogP contribution in [0.5, 0.6) is 23.0 Å². The summed E-state index contributed by atoms with van der Waals surface area (Å²) in [5.41, 5.74) is 1.85. The molecule has 1 aliphatic heterocycles. The van der Waals surface area contributed by atoms with Gasteiger partial charge in [0.1, 0.15) is 28.8 Å². The number of ether oxygens (including phenoxy) is 4. The molecule has 2 amide bonds. The van der Waals surface area contributed by atoms with Crippen molar-refractivity contribution < 1.29 is 33.0 Å². The molecule has 1 atom stereocenters. The molecule has 3 aromatic rings. The van der Waals surface area contributed by atoms with Crippen LogP contribution in [0.25, 0.3) is 0 Å². The van der Waals surface area contributed by atoms with Crippen molar-refractivity contribution in [3.8, 4) is 29.1 Å². The number of nitrogens with zero attached hydrogens (tertiary/aromatic N) is 1. The van der Waals surface area contributed by atoms with E-state index in [0.29, 0.717) is 50.9 Å². The van der Waals surface area contributed by atoms with Gasteiger partial charge in [0.25, 0.3) is 5.91 Å². The quantitative estimate of drug-likeness (QED) is 0.278. The molecule has 1 aliphatic rings. The number of hydrogen-bond acceptors (Lipinski definition) is 10. The molecule has 0 saturated carbocycles. The Bertz CT molecular complexity index is 1570. The molecule has 4 rings (SSSR count). The highest BCUT2D eigenvalue weighted by Gasteiger charge is 2.37. The normalized spacial score (nSPS) is 14.4. The van der Waals surface area contributed by atoms with E-state index in [4.69, 9.17) is 23.4 Å². The number of rotatable bonds is 11. The third-order valence-corrected chi connectivity index (χ3v) is 7.42. The number of nitrogens with one attached hydrogen (secondary N) is 3. The van der Waals surface area contributed by atoms with Gasteiger partial charge in [-0.05, 0) is 43.3 Å². The van der Waals surface area contributed by atoms with Crippen molar-refractivity contribution in [3.63, 3.8) is 0 Å². The molecule has 218 valence electrons. The van der Waals surface area contributed by atoms with Crippen LogP contribution in [0.1, 0.15) is 18.6 Å². The fourth-order valence-electron chi connectivity index (χ4n) is 4.40. The van der Waals surface area contributed by atoms with E-state index in [1.807, 2.05) is 0 Å². The van der Waals surface area contributed by atoms with Gasteiger partial charge >= 0.3 is 0 Å². The Balaban J connectivity index is 1.60. The number of allylic oxidation sites excluding steroid dienone is 2. The molecule has 2 aromatic carbocycles. The summed E-state index contributed by atoms with van der Waals surface area (Å²) in [7, 11) is 6.05. The fraction of sp³-hybridized carbons (Fsp3) is 0.233. The number of thioether (sulfide) groups is 1. The van der Waals surface area contributed by atoms with Crippen LogP contribution >= 0.6 is 11.8 Å². The first-order valence-electron chi connectivity index (χ1n) is 12.7. The monoisotopic (exact) mass is 590 g/mol. The van der Waals surface area contributed by atoms with Gasteiger partial charge in [0.2, 0.25) is 5.91 Å². The summed E-state index contributed by atoms with van der Waals surface area (Å²) in [4.78, 5) is 26.6. The molecule has 0 fully saturated rings. The first-order chi connectivity index (χ1) is 20.3. The number of methoxy groups -OCH3 is 4. The number of furan rings is 1. The van der Waals surface area contributed by atoms with Gasteiger partial charge in [-0.15, -0.1) is 0 Å². The van der Waals surface area contributed by atoms with Crippen LogP contribution in [0.4, 0.5) is 11.4 Å². The first-order valence-corrected chi connectivity index (χ1v) is 13.7. The van der Waals surface area contributed by atoms with Gasteiger partial charge in [0, 0.05) is 17.8 Å². The molecule has 1 aromatic heterocycles. The number of dihydropyridines is 1. The highest BCUT2D eigenvalue weighted by molar-refractivity contribution is 8.03. The second-order valence-corrected chi connectivity index (χ2v) is 9.88. The molecule has 0 bridgehead atoms. The number of amides is 2. The number of hydrogen-bond donors (Lipinski definition) is 3. The third-order valence-electron chi connectivity index (χ3n) is 6.40. The summed E-state index contributed by atoms with van der Waals surface area (Å²) >= 11 is 1.13. The minimum Gasteiger partial charge on any atom is -0.497 e. The molecule has 3 N–H and O–H groups in total. The minimum atomic E-state index is -0.827. The Labute approximate surface area is 247 Å². The number of nitriles is 1. The van der Waals surface area contributed by atoms with Crippen LogP contribution in [0.15, 0.2) is 81.1 Å². The maximum absolute atomic E-state index is 13.7. The molecular formula is C30H30N4O7S.